The van der Waals surface area contributed by atoms with E-state index < -0.39 is 5.41 Å². The lowest BCUT2D eigenvalue weighted by Gasteiger charge is -2.34. The number of aromatic nitrogens is 2. The Morgan fingerprint density at radius 3 is 1.55 bits per heavy atom. The molecule has 0 amide bonds. The number of fused-ring (bicyclic) bond motifs is 4. The van der Waals surface area contributed by atoms with Gasteiger partial charge in [0.25, 0.3) is 0 Å². The van der Waals surface area contributed by atoms with Gasteiger partial charge in [-0.05, 0) is 79.9 Å². The highest BCUT2D eigenvalue weighted by Gasteiger charge is 2.45. The van der Waals surface area contributed by atoms with E-state index >= 15 is 0 Å². The molecule has 1 heterocycles. The standard InChI is InChI=1S/C51H34N2/c1-3-16-35(17-4-1)36-18-13-21-39(32-36)49-45-28-9-12-31-48(45)52-50(53-49)40-22-14-19-37(33-40)38-20-15-25-42(34-38)51(41-23-5-2-6-24-41)46-29-10-7-26-43(46)44-27-8-11-30-47(44)51/h1-34H. The van der Waals surface area contributed by atoms with Crippen LogP contribution >= 0.6 is 0 Å². The smallest absolute Gasteiger partial charge is 0.160 e. The van der Waals surface area contributed by atoms with Gasteiger partial charge in [0.05, 0.1) is 16.6 Å². The first kappa shape index (κ1) is 30.9. The second-order valence-corrected chi connectivity index (χ2v) is 13.7. The van der Waals surface area contributed by atoms with Crippen LogP contribution in [0.5, 0.6) is 0 Å². The van der Waals surface area contributed by atoms with Crippen LogP contribution in [0, 0.1) is 0 Å². The monoisotopic (exact) mass is 674 g/mol. The second kappa shape index (κ2) is 12.7. The van der Waals surface area contributed by atoms with Gasteiger partial charge in [0.1, 0.15) is 0 Å². The summed E-state index contributed by atoms with van der Waals surface area (Å²) in [6, 6.07) is 74.0. The van der Waals surface area contributed by atoms with Crippen LogP contribution in [0.4, 0.5) is 0 Å². The molecule has 2 nitrogen and oxygen atoms in total. The van der Waals surface area contributed by atoms with Gasteiger partial charge in [-0.3, -0.25) is 0 Å². The summed E-state index contributed by atoms with van der Waals surface area (Å²) in [5, 5.41) is 1.04. The number of hydrogen-bond donors (Lipinski definition) is 0. The van der Waals surface area contributed by atoms with Crippen molar-refractivity contribution in [3.63, 3.8) is 0 Å². The molecule has 0 aliphatic heterocycles. The van der Waals surface area contributed by atoms with Crippen molar-refractivity contribution in [3.8, 4) is 56.0 Å². The van der Waals surface area contributed by atoms with Crippen molar-refractivity contribution in [2.75, 3.05) is 0 Å². The molecule has 0 unspecified atom stereocenters. The Balaban J connectivity index is 1.11. The van der Waals surface area contributed by atoms with E-state index in [4.69, 9.17) is 9.97 Å². The van der Waals surface area contributed by atoms with E-state index in [-0.39, 0.29) is 0 Å². The average Bonchev–Trinajstić information content (AvgIpc) is 3.55. The van der Waals surface area contributed by atoms with Gasteiger partial charge in [-0.1, -0.05) is 182 Å². The van der Waals surface area contributed by atoms with Crippen molar-refractivity contribution in [1.29, 1.82) is 0 Å². The number of para-hydroxylation sites is 1. The summed E-state index contributed by atoms with van der Waals surface area (Å²) in [6.07, 6.45) is 0. The maximum atomic E-state index is 5.28. The third-order valence-corrected chi connectivity index (χ3v) is 10.8. The molecule has 1 aromatic heterocycles. The lowest BCUT2D eigenvalue weighted by Crippen LogP contribution is -2.28. The summed E-state index contributed by atoms with van der Waals surface area (Å²) >= 11 is 0. The molecule has 1 aliphatic carbocycles. The predicted octanol–water partition coefficient (Wildman–Crippen LogP) is 12.7. The van der Waals surface area contributed by atoms with E-state index in [2.05, 4.69) is 200 Å². The first-order chi connectivity index (χ1) is 26.3. The van der Waals surface area contributed by atoms with Crippen LogP contribution in [0.1, 0.15) is 22.3 Å². The molecule has 0 bridgehead atoms. The van der Waals surface area contributed by atoms with Gasteiger partial charge in [0.15, 0.2) is 5.82 Å². The lowest BCUT2D eigenvalue weighted by atomic mass is 9.67. The van der Waals surface area contributed by atoms with Crippen molar-refractivity contribution in [2.45, 2.75) is 5.41 Å². The fourth-order valence-corrected chi connectivity index (χ4v) is 8.38. The highest BCUT2D eigenvalue weighted by atomic mass is 14.9. The van der Waals surface area contributed by atoms with Gasteiger partial charge in [-0.25, -0.2) is 9.97 Å². The van der Waals surface area contributed by atoms with Crippen molar-refractivity contribution in [2.24, 2.45) is 0 Å². The highest BCUT2D eigenvalue weighted by molar-refractivity contribution is 5.94. The van der Waals surface area contributed by atoms with Crippen LogP contribution in [0.25, 0.3) is 66.9 Å². The molecule has 9 aromatic rings. The van der Waals surface area contributed by atoms with Gasteiger partial charge in [-0.2, -0.15) is 0 Å². The number of rotatable bonds is 6. The summed E-state index contributed by atoms with van der Waals surface area (Å²) in [5.74, 6) is 0.709. The normalized spacial score (nSPS) is 12.7. The first-order valence-electron chi connectivity index (χ1n) is 18.2. The number of nitrogens with zero attached hydrogens (tertiary/aromatic N) is 2. The maximum Gasteiger partial charge on any atom is 0.160 e. The molecule has 0 radical (unpaired) electrons. The highest BCUT2D eigenvalue weighted by Crippen LogP contribution is 2.56. The third-order valence-electron chi connectivity index (χ3n) is 10.8. The zero-order chi connectivity index (χ0) is 35.2. The summed E-state index contributed by atoms with van der Waals surface area (Å²) in [7, 11) is 0. The number of hydrogen-bond acceptors (Lipinski definition) is 2. The summed E-state index contributed by atoms with van der Waals surface area (Å²) in [4.78, 5) is 10.4. The Morgan fingerprint density at radius 2 is 0.811 bits per heavy atom. The van der Waals surface area contributed by atoms with E-state index in [1.165, 1.54) is 38.9 Å². The van der Waals surface area contributed by atoms with Gasteiger partial charge in [0, 0.05) is 16.5 Å². The molecule has 53 heavy (non-hydrogen) atoms. The molecule has 0 fully saturated rings. The van der Waals surface area contributed by atoms with Gasteiger partial charge in [-0.15, -0.1) is 0 Å². The van der Waals surface area contributed by atoms with Crippen LogP contribution < -0.4 is 0 Å². The number of benzene rings is 8. The molecule has 2 heteroatoms. The van der Waals surface area contributed by atoms with Crippen molar-refractivity contribution in [1.82, 2.24) is 9.97 Å². The fourth-order valence-electron chi connectivity index (χ4n) is 8.38. The molecule has 0 N–H and O–H groups in total. The minimum atomic E-state index is -0.452. The Morgan fingerprint density at radius 1 is 0.321 bits per heavy atom. The minimum Gasteiger partial charge on any atom is -0.228 e. The van der Waals surface area contributed by atoms with E-state index in [9.17, 15) is 0 Å². The van der Waals surface area contributed by atoms with Gasteiger partial charge in [0.2, 0.25) is 0 Å². The fraction of sp³-hybridized carbons (Fsp3) is 0.0196. The van der Waals surface area contributed by atoms with Crippen LogP contribution in [0.2, 0.25) is 0 Å². The van der Waals surface area contributed by atoms with Gasteiger partial charge >= 0.3 is 0 Å². The Kier molecular flexibility index (Phi) is 7.40. The van der Waals surface area contributed by atoms with E-state index in [1.807, 2.05) is 6.07 Å². The molecular weight excluding hydrogens is 641 g/mol. The molecule has 0 saturated heterocycles. The molecular formula is C51H34N2. The second-order valence-electron chi connectivity index (χ2n) is 13.7. The molecule has 0 saturated carbocycles. The van der Waals surface area contributed by atoms with Crippen molar-refractivity contribution in [3.05, 3.63) is 229 Å². The van der Waals surface area contributed by atoms with E-state index in [0.717, 1.165) is 44.4 Å². The molecule has 0 atom stereocenters. The third kappa shape index (κ3) is 5.11. The van der Waals surface area contributed by atoms with Gasteiger partial charge < -0.3 is 0 Å². The quantitative estimate of drug-likeness (QED) is 0.175. The lowest BCUT2D eigenvalue weighted by molar-refractivity contribution is 0.769. The average molecular weight is 675 g/mol. The summed E-state index contributed by atoms with van der Waals surface area (Å²) < 4.78 is 0. The Labute approximate surface area is 309 Å². The van der Waals surface area contributed by atoms with E-state index in [0.29, 0.717) is 5.82 Å². The van der Waals surface area contributed by atoms with Crippen LogP contribution in [-0.2, 0) is 5.41 Å². The molecule has 1 aliphatic rings. The van der Waals surface area contributed by atoms with E-state index in [1.54, 1.807) is 0 Å². The predicted molar refractivity (Wildman–Crippen MR) is 219 cm³/mol. The van der Waals surface area contributed by atoms with Crippen molar-refractivity contribution < 1.29 is 0 Å². The summed E-state index contributed by atoms with van der Waals surface area (Å²) in [6.45, 7) is 0. The SMILES string of the molecule is c1ccc(-c2cccc(-c3nc(-c4cccc(-c5cccc(C6(c7ccccc7)c7ccccc7-c7ccccc76)c5)c4)nc4ccccc34)c2)cc1. The topological polar surface area (TPSA) is 25.8 Å². The minimum absolute atomic E-state index is 0.452. The molecule has 8 aromatic carbocycles. The van der Waals surface area contributed by atoms with Crippen molar-refractivity contribution >= 4 is 10.9 Å². The largest absolute Gasteiger partial charge is 0.228 e. The maximum absolute atomic E-state index is 5.28. The molecule has 10 rings (SSSR count). The molecule has 0 spiro atoms. The van der Waals surface area contributed by atoms with Crippen LogP contribution in [-0.4, -0.2) is 9.97 Å². The summed E-state index contributed by atoms with van der Waals surface area (Å²) in [5.41, 5.74) is 15.8. The Hall–Kier alpha value is -6.90. The van der Waals surface area contributed by atoms with Crippen LogP contribution in [0.3, 0.4) is 0 Å². The molecule has 248 valence electrons. The Bertz CT molecular complexity index is 2740. The zero-order valence-corrected chi connectivity index (χ0v) is 29.0. The zero-order valence-electron chi connectivity index (χ0n) is 29.0. The van der Waals surface area contributed by atoms with Crippen LogP contribution in [0.15, 0.2) is 206 Å². The first-order valence-corrected chi connectivity index (χ1v) is 18.2.